The van der Waals surface area contributed by atoms with Crippen molar-refractivity contribution in [3.63, 3.8) is 0 Å². The predicted octanol–water partition coefficient (Wildman–Crippen LogP) is 3.49. The molecule has 5 heteroatoms. The third kappa shape index (κ3) is 3.53. The molecule has 1 amide bonds. The van der Waals surface area contributed by atoms with Crippen molar-refractivity contribution in [2.24, 2.45) is 12.5 Å². The van der Waals surface area contributed by atoms with Crippen LogP contribution in [0.15, 0.2) is 35.3 Å². The first-order valence-corrected chi connectivity index (χ1v) is 10.1. The Morgan fingerprint density at radius 3 is 2.72 bits per heavy atom. The Balaban J connectivity index is 1.34. The zero-order valence-corrected chi connectivity index (χ0v) is 16.0. The minimum atomic E-state index is 0.222. The molecule has 1 aliphatic heterocycles. The highest BCUT2D eigenvalue weighted by molar-refractivity contribution is 7.07. The molecule has 2 aromatic rings. The van der Waals surface area contributed by atoms with Crippen LogP contribution in [0.1, 0.15) is 37.3 Å². The van der Waals surface area contributed by atoms with Crippen molar-refractivity contribution in [1.82, 2.24) is 14.4 Å². The molecule has 1 saturated heterocycles. The van der Waals surface area contributed by atoms with Crippen LogP contribution in [0.25, 0.3) is 0 Å². The molecule has 4 rings (SSSR count). The quantitative estimate of drug-likeness (QED) is 0.819. The van der Waals surface area contributed by atoms with Crippen LogP contribution in [-0.2, 0) is 24.9 Å². The fraction of sp³-hybridized carbons (Fsp3) is 0.550. The Labute approximate surface area is 154 Å². The number of piperidine rings is 1. The van der Waals surface area contributed by atoms with Gasteiger partial charge in [-0.05, 0) is 71.8 Å². The standard InChI is InChI=1S/C20H27N3OS/c1-16(24)23(14-18-4-10-25-15-18)19-11-20(19)5-8-22(9-6-20)13-17-3-7-21(2)12-17/h3-4,7,10,12,15,19H,5-6,8-9,11,13-14H2,1-2H3/t19-/m1/s1. The minimum absolute atomic E-state index is 0.222. The van der Waals surface area contributed by atoms with Crippen LogP contribution in [0.3, 0.4) is 0 Å². The van der Waals surface area contributed by atoms with E-state index in [2.05, 4.69) is 56.7 Å². The molecule has 1 aliphatic carbocycles. The highest BCUT2D eigenvalue weighted by Crippen LogP contribution is 2.57. The summed E-state index contributed by atoms with van der Waals surface area (Å²) < 4.78 is 2.12. The number of carbonyl (C=O) groups excluding carboxylic acids is 1. The second-order valence-corrected chi connectivity index (χ2v) is 8.60. The molecule has 25 heavy (non-hydrogen) atoms. The lowest BCUT2D eigenvalue weighted by Crippen LogP contribution is -2.39. The van der Waals surface area contributed by atoms with Crippen LogP contribution < -0.4 is 0 Å². The molecule has 0 radical (unpaired) electrons. The van der Waals surface area contributed by atoms with E-state index in [1.54, 1.807) is 18.3 Å². The van der Waals surface area contributed by atoms with Gasteiger partial charge in [-0.2, -0.15) is 11.3 Å². The number of nitrogens with zero attached hydrogens (tertiary/aromatic N) is 3. The van der Waals surface area contributed by atoms with Crippen molar-refractivity contribution in [2.45, 2.75) is 45.3 Å². The van der Waals surface area contributed by atoms with E-state index in [1.807, 2.05) is 0 Å². The van der Waals surface area contributed by atoms with Gasteiger partial charge in [0.2, 0.25) is 5.91 Å². The van der Waals surface area contributed by atoms with Crippen LogP contribution in [0.5, 0.6) is 0 Å². The second-order valence-electron chi connectivity index (χ2n) is 7.82. The smallest absolute Gasteiger partial charge is 0.220 e. The fourth-order valence-corrected chi connectivity index (χ4v) is 5.05. The fourth-order valence-electron chi connectivity index (χ4n) is 4.39. The van der Waals surface area contributed by atoms with Gasteiger partial charge in [-0.3, -0.25) is 9.69 Å². The van der Waals surface area contributed by atoms with E-state index in [-0.39, 0.29) is 5.91 Å². The molecule has 0 bridgehead atoms. The number of thiophene rings is 1. The van der Waals surface area contributed by atoms with Crippen LogP contribution in [0, 0.1) is 5.41 Å². The molecule has 3 heterocycles. The van der Waals surface area contributed by atoms with Crippen molar-refractivity contribution in [3.8, 4) is 0 Å². The summed E-state index contributed by atoms with van der Waals surface area (Å²) in [7, 11) is 2.08. The maximum Gasteiger partial charge on any atom is 0.220 e. The predicted molar refractivity (Wildman–Crippen MR) is 101 cm³/mol. The van der Waals surface area contributed by atoms with Gasteiger partial charge in [-0.25, -0.2) is 0 Å². The summed E-state index contributed by atoms with van der Waals surface area (Å²) in [6.07, 6.45) is 7.96. The van der Waals surface area contributed by atoms with E-state index in [9.17, 15) is 4.79 Å². The molecule has 134 valence electrons. The third-order valence-electron chi connectivity index (χ3n) is 6.01. The zero-order valence-electron chi connectivity index (χ0n) is 15.1. The van der Waals surface area contributed by atoms with Gasteiger partial charge in [0.25, 0.3) is 0 Å². The van der Waals surface area contributed by atoms with Crippen LogP contribution in [0.2, 0.25) is 0 Å². The molecule has 2 fully saturated rings. The zero-order chi connectivity index (χ0) is 17.4. The molecular formula is C20H27N3OS. The lowest BCUT2D eigenvalue weighted by molar-refractivity contribution is -0.130. The lowest BCUT2D eigenvalue weighted by Gasteiger charge is -2.34. The number of aromatic nitrogens is 1. The average molecular weight is 358 g/mol. The lowest BCUT2D eigenvalue weighted by atomic mass is 9.92. The highest BCUT2D eigenvalue weighted by atomic mass is 32.1. The Kier molecular flexibility index (Phi) is 4.46. The van der Waals surface area contributed by atoms with Crippen LogP contribution in [-0.4, -0.2) is 39.4 Å². The number of carbonyl (C=O) groups is 1. The first-order chi connectivity index (χ1) is 12.1. The SMILES string of the molecule is CC(=O)N(Cc1ccsc1)[C@@H]1CC12CCN(Cc1ccn(C)c1)CC2. The second kappa shape index (κ2) is 6.61. The molecule has 1 spiro atoms. The summed E-state index contributed by atoms with van der Waals surface area (Å²) in [5, 5.41) is 4.26. The van der Waals surface area contributed by atoms with Crippen molar-refractivity contribution in [2.75, 3.05) is 13.1 Å². The van der Waals surface area contributed by atoms with Gasteiger partial charge in [0.05, 0.1) is 0 Å². The van der Waals surface area contributed by atoms with Gasteiger partial charge in [0.1, 0.15) is 0 Å². The summed E-state index contributed by atoms with van der Waals surface area (Å²) in [6, 6.07) is 4.80. The molecule has 0 N–H and O–H groups in total. The molecule has 2 aromatic heterocycles. The molecule has 2 aliphatic rings. The van der Waals surface area contributed by atoms with E-state index < -0.39 is 0 Å². The molecule has 1 atom stereocenters. The van der Waals surface area contributed by atoms with Crippen molar-refractivity contribution >= 4 is 17.2 Å². The summed E-state index contributed by atoms with van der Waals surface area (Å²) in [6.45, 7) is 5.85. The molecule has 1 saturated carbocycles. The minimum Gasteiger partial charge on any atom is -0.357 e. The van der Waals surface area contributed by atoms with Gasteiger partial charge in [0, 0.05) is 45.5 Å². The van der Waals surface area contributed by atoms with Gasteiger partial charge >= 0.3 is 0 Å². The number of rotatable bonds is 5. The van der Waals surface area contributed by atoms with E-state index >= 15 is 0 Å². The van der Waals surface area contributed by atoms with Crippen LogP contribution in [0.4, 0.5) is 0 Å². The van der Waals surface area contributed by atoms with Gasteiger partial charge in [0.15, 0.2) is 0 Å². The maximum atomic E-state index is 12.2. The molecule has 0 aromatic carbocycles. The Morgan fingerprint density at radius 1 is 1.32 bits per heavy atom. The Bertz CT molecular complexity index is 728. The normalized spacial score (nSPS) is 22.2. The number of hydrogen-bond acceptors (Lipinski definition) is 3. The summed E-state index contributed by atoms with van der Waals surface area (Å²) in [5.41, 5.74) is 3.05. The number of hydrogen-bond donors (Lipinski definition) is 0. The monoisotopic (exact) mass is 357 g/mol. The van der Waals surface area contributed by atoms with Crippen molar-refractivity contribution < 1.29 is 4.79 Å². The highest BCUT2D eigenvalue weighted by Gasteiger charge is 2.58. The molecule has 4 nitrogen and oxygen atoms in total. The number of likely N-dealkylation sites (tertiary alicyclic amines) is 1. The van der Waals surface area contributed by atoms with E-state index in [4.69, 9.17) is 0 Å². The number of amides is 1. The van der Waals surface area contributed by atoms with Crippen LogP contribution >= 0.6 is 11.3 Å². The summed E-state index contributed by atoms with van der Waals surface area (Å²) in [4.78, 5) is 16.9. The third-order valence-corrected chi connectivity index (χ3v) is 6.74. The first kappa shape index (κ1) is 16.9. The topological polar surface area (TPSA) is 28.5 Å². The van der Waals surface area contributed by atoms with E-state index in [0.29, 0.717) is 11.5 Å². The maximum absolute atomic E-state index is 12.2. The summed E-state index contributed by atoms with van der Waals surface area (Å²) in [5.74, 6) is 0.222. The van der Waals surface area contributed by atoms with Crippen molar-refractivity contribution in [3.05, 3.63) is 46.4 Å². The van der Waals surface area contributed by atoms with Crippen molar-refractivity contribution in [1.29, 1.82) is 0 Å². The average Bonchev–Trinajstić information content (AvgIpc) is 2.94. The van der Waals surface area contributed by atoms with Gasteiger partial charge in [-0.15, -0.1) is 0 Å². The Morgan fingerprint density at radius 2 is 2.12 bits per heavy atom. The van der Waals surface area contributed by atoms with Gasteiger partial charge < -0.3 is 9.47 Å². The largest absolute Gasteiger partial charge is 0.357 e. The van der Waals surface area contributed by atoms with Gasteiger partial charge in [-0.1, -0.05) is 0 Å². The molecular weight excluding hydrogens is 330 g/mol. The first-order valence-electron chi connectivity index (χ1n) is 9.17. The van der Waals surface area contributed by atoms with E-state index in [0.717, 1.165) is 26.2 Å². The molecule has 0 unspecified atom stereocenters. The van der Waals surface area contributed by atoms with E-state index in [1.165, 1.54) is 30.4 Å². The number of aryl methyl sites for hydroxylation is 1. The Hall–Kier alpha value is -1.59. The summed E-state index contributed by atoms with van der Waals surface area (Å²) >= 11 is 1.71.